The number of nitrogens with zero attached hydrogens (tertiary/aromatic N) is 3. The number of carbonyl (C=O) groups is 1. The Hall–Kier alpha value is -3.73. The predicted octanol–water partition coefficient (Wildman–Crippen LogP) is 4.26. The van der Waals surface area contributed by atoms with Crippen LogP contribution in [-0.4, -0.2) is 25.7 Å². The van der Waals surface area contributed by atoms with Gasteiger partial charge in [-0.3, -0.25) is 14.6 Å². The Kier molecular flexibility index (Phi) is 5.19. The molecule has 4 aromatic rings. The molecular weight excluding hydrogens is 431 g/mol. The van der Waals surface area contributed by atoms with Crippen LogP contribution >= 0.6 is 11.3 Å². The number of aromatic nitrogens is 4. The quantitative estimate of drug-likeness (QED) is 0.491. The minimum atomic E-state index is -4.69. The van der Waals surface area contributed by atoms with Gasteiger partial charge < -0.3 is 5.32 Å². The molecule has 0 radical (unpaired) electrons. The number of rotatable bonds is 4. The number of nitrogens with one attached hydrogen (secondary N) is 2. The van der Waals surface area contributed by atoms with Gasteiger partial charge in [-0.05, 0) is 30.5 Å². The summed E-state index contributed by atoms with van der Waals surface area (Å²) >= 11 is 1.39. The zero-order valence-electron chi connectivity index (χ0n) is 15.9. The van der Waals surface area contributed by atoms with Crippen LogP contribution in [0.2, 0.25) is 0 Å². The lowest BCUT2D eigenvalue weighted by Crippen LogP contribution is -2.21. The number of hydrogen-bond acceptors (Lipinski definition) is 5. The van der Waals surface area contributed by atoms with Gasteiger partial charge in [0.25, 0.3) is 11.5 Å². The first-order chi connectivity index (χ1) is 14.7. The number of H-pyrrole nitrogens is 1. The van der Waals surface area contributed by atoms with E-state index in [1.807, 2.05) is 11.4 Å². The SMILES string of the molecule is Cc1cc(=O)[nH]c(-n2nc(-c3cccs3)cc2NC(=O)c2ccccc2C(F)(F)F)n1. The van der Waals surface area contributed by atoms with Crippen LogP contribution in [0.3, 0.4) is 0 Å². The van der Waals surface area contributed by atoms with Crippen molar-refractivity contribution in [1.29, 1.82) is 0 Å². The summed E-state index contributed by atoms with van der Waals surface area (Å²) in [6, 6.07) is 10.9. The molecule has 7 nitrogen and oxygen atoms in total. The molecule has 0 aliphatic heterocycles. The predicted molar refractivity (Wildman–Crippen MR) is 109 cm³/mol. The van der Waals surface area contributed by atoms with E-state index in [2.05, 4.69) is 20.4 Å². The fourth-order valence-corrected chi connectivity index (χ4v) is 3.63. The zero-order chi connectivity index (χ0) is 22.2. The first-order valence-electron chi connectivity index (χ1n) is 8.92. The molecule has 0 aliphatic carbocycles. The summed E-state index contributed by atoms with van der Waals surface area (Å²) in [5.74, 6) is -0.895. The van der Waals surface area contributed by atoms with Crippen molar-refractivity contribution in [1.82, 2.24) is 19.7 Å². The second kappa shape index (κ2) is 7.84. The van der Waals surface area contributed by atoms with Gasteiger partial charge in [-0.2, -0.15) is 23.0 Å². The van der Waals surface area contributed by atoms with Gasteiger partial charge in [0.1, 0.15) is 11.5 Å². The van der Waals surface area contributed by atoms with Crippen molar-refractivity contribution in [3.63, 3.8) is 0 Å². The van der Waals surface area contributed by atoms with Crippen molar-refractivity contribution in [2.24, 2.45) is 0 Å². The molecule has 0 atom stereocenters. The average Bonchev–Trinajstić information content (AvgIpc) is 3.36. The van der Waals surface area contributed by atoms with Crippen LogP contribution < -0.4 is 10.9 Å². The Labute approximate surface area is 177 Å². The molecule has 0 aliphatic rings. The Morgan fingerprint density at radius 2 is 1.94 bits per heavy atom. The number of halogens is 3. The maximum atomic E-state index is 13.3. The monoisotopic (exact) mass is 445 g/mol. The van der Waals surface area contributed by atoms with E-state index >= 15 is 0 Å². The molecule has 3 heterocycles. The van der Waals surface area contributed by atoms with E-state index in [1.165, 1.54) is 40.3 Å². The molecule has 3 aromatic heterocycles. The highest BCUT2D eigenvalue weighted by Gasteiger charge is 2.35. The van der Waals surface area contributed by atoms with Gasteiger partial charge in [0.05, 0.1) is 16.0 Å². The van der Waals surface area contributed by atoms with Gasteiger partial charge in [0, 0.05) is 17.8 Å². The number of carbonyl (C=O) groups excluding carboxylic acids is 1. The number of anilines is 1. The van der Waals surface area contributed by atoms with Gasteiger partial charge in [-0.25, -0.2) is 4.98 Å². The third-order valence-corrected chi connectivity index (χ3v) is 5.15. The number of hydrogen-bond donors (Lipinski definition) is 2. The van der Waals surface area contributed by atoms with E-state index in [4.69, 9.17) is 0 Å². The highest BCUT2D eigenvalue weighted by atomic mass is 32.1. The highest BCUT2D eigenvalue weighted by Crippen LogP contribution is 2.33. The first-order valence-corrected chi connectivity index (χ1v) is 9.80. The Balaban J connectivity index is 1.80. The Bertz CT molecular complexity index is 1310. The van der Waals surface area contributed by atoms with Crippen molar-refractivity contribution in [2.45, 2.75) is 13.1 Å². The average molecular weight is 445 g/mol. The van der Waals surface area contributed by atoms with Crippen LogP contribution in [0.1, 0.15) is 21.6 Å². The van der Waals surface area contributed by atoms with Gasteiger partial charge in [-0.1, -0.05) is 18.2 Å². The molecule has 1 aromatic carbocycles. The van der Waals surface area contributed by atoms with Gasteiger partial charge in [0.15, 0.2) is 0 Å². The zero-order valence-corrected chi connectivity index (χ0v) is 16.7. The third-order valence-electron chi connectivity index (χ3n) is 4.26. The van der Waals surface area contributed by atoms with E-state index in [0.29, 0.717) is 11.4 Å². The summed E-state index contributed by atoms with van der Waals surface area (Å²) in [5, 5.41) is 8.68. The molecule has 31 heavy (non-hydrogen) atoms. The van der Waals surface area contributed by atoms with Crippen molar-refractivity contribution >= 4 is 23.1 Å². The van der Waals surface area contributed by atoms with Crippen LogP contribution in [0, 0.1) is 6.92 Å². The first kappa shape index (κ1) is 20.5. The number of thiophene rings is 1. The lowest BCUT2D eigenvalue weighted by molar-refractivity contribution is -0.137. The molecule has 0 saturated heterocycles. The van der Waals surface area contributed by atoms with Crippen LogP contribution in [-0.2, 0) is 6.18 Å². The molecule has 0 fully saturated rings. The van der Waals surface area contributed by atoms with Crippen molar-refractivity contribution in [3.8, 4) is 16.5 Å². The molecule has 0 unspecified atom stereocenters. The lowest BCUT2D eigenvalue weighted by Gasteiger charge is -2.13. The molecule has 11 heteroatoms. The molecule has 0 bridgehead atoms. The minimum Gasteiger partial charge on any atom is -0.306 e. The number of amides is 1. The summed E-state index contributed by atoms with van der Waals surface area (Å²) < 4.78 is 41.2. The molecule has 0 spiro atoms. The van der Waals surface area contributed by atoms with Gasteiger partial charge in [-0.15, -0.1) is 11.3 Å². The van der Waals surface area contributed by atoms with E-state index < -0.39 is 28.8 Å². The molecule has 2 N–H and O–H groups in total. The van der Waals surface area contributed by atoms with Crippen molar-refractivity contribution < 1.29 is 18.0 Å². The normalized spacial score (nSPS) is 11.5. The highest BCUT2D eigenvalue weighted by molar-refractivity contribution is 7.13. The van der Waals surface area contributed by atoms with Gasteiger partial charge >= 0.3 is 6.18 Å². The topological polar surface area (TPSA) is 92.7 Å². The number of alkyl halides is 3. The van der Waals surface area contributed by atoms with Gasteiger partial charge in [0.2, 0.25) is 5.95 Å². The molecule has 158 valence electrons. The number of benzene rings is 1. The van der Waals surface area contributed by atoms with Crippen LogP contribution in [0.5, 0.6) is 0 Å². The summed E-state index contributed by atoms with van der Waals surface area (Å²) in [5.41, 5.74) is -1.16. The molecular formula is C20H14F3N5O2S. The van der Waals surface area contributed by atoms with E-state index in [1.54, 1.807) is 13.0 Å². The van der Waals surface area contributed by atoms with Crippen LogP contribution in [0.25, 0.3) is 16.5 Å². The van der Waals surface area contributed by atoms with Crippen LogP contribution in [0.4, 0.5) is 19.0 Å². The summed E-state index contributed by atoms with van der Waals surface area (Å²) in [7, 11) is 0. The standard InChI is InChI=1S/C20H14F3N5O2S/c1-11-9-17(29)26-19(24-11)28-16(10-14(27-28)15-7-4-8-31-15)25-18(30)12-5-2-3-6-13(12)20(21,22)23/h2-10H,1H3,(H,25,30)(H,24,26,29). The lowest BCUT2D eigenvalue weighted by atomic mass is 10.1. The smallest absolute Gasteiger partial charge is 0.306 e. The van der Waals surface area contributed by atoms with Crippen molar-refractivity contribution in [2.75, 3.05) is 5.32 Å². The molecule has 1 amide bonds. The fraction of sp³-hybridized carbons (Fsp3) is 0.100. The maximum Gasteiger partial charge on any atom is 0.417 e. The second-order valence-electron chi connectivity index (χ2n) is 6.51. The van der Waals surface area contributed by atoms with Crippen molar-refractivity contribution in [3.05, 3.63) is 81.1 Å². The maximum absolute atomic E-state index is 13.3. The van der Waals surface area contributed by atoms with Crippen LogP contribution in [0.15, 0.2) is 58.7 Å². The summed E-state index contributed by atoms with van der Waals surface area (Å²) in [4.78, 5) is 32.1. The van der Waals surface area contributed by atoms with E-state index in [9.17, 15) is 22.8 Å². The summed E-state index contributed by atoms with van der Waals surface area (Å²) in [6.07, 6.45) is -4.69. The Morgan fingerprint density at radius 1 is 1.16 bits per heavy atom. The van der Waals surface area contributed by atoms with E-state index in [0.717, 1.165) is 17.0 Å². The third kappa shape index (κ3) is 4.26. The number of aromatic amines is 1. The Morgan fingerprint density at radius 3 is 2.61 bits per heavy atom. The fourth-order valence-electron chi connectivity index (χ4n) is 2.95. The number of aryl methyl sites for hydroxylation is 1. The van der Waals surface area contributed by atoms with E-state index in [-0.39, 0.29) is 11.8 Å². The largest absolute Gasteiger partial charge is 0.417 e. The molecule has 4 rings (SSSR count). The minimum absolute atomic E-state index is 0.0206. The molecule has 0 saturated carbocycles. The second-order valence-corrected chi connectivity index (χ2v) is 7.46. The summed E-state index contributed by atoms with van der Waals surface area (Å²) in [6.45, 7) is 1.61.